The molecule has 0 saturated carbocycles. The summed E-state index contributed by atoms with van der Waals surface area (Å²) in [6.45, 7) is 7.23. The lowest BCUT2D eigenvalue weighted by atomic mass is 10.1. The van der Waals surface area contributed by atoms with Gasteiger partial charge >= 0.3 is 0 Å². The van der Waals surface area contributed by atoms with Crippen molar-refractivity contribution in [3.8, 4) is 0 Å². The molecule has 1 rings (SSSR count). The summed E-state index contributed by atoms with van der Waals surface area (Å²) in [6, 6.07) is 1.42. The van der Waals surface area contributed by atoms with Gasteiger partial charge in [-0.3, -0.25) is 14.9 Å². The number of nitrogens with zero attached hydrogens (tertiary/aromatic N) is 2. The van der Waals surface area contributed by atoms with E-state index in [1.807, 2.05) is 6.92 Å². The van der Waals surface area contributed by atoms with Gasteiger partial charge in [0.25, 0.3) is 11.6 Å². The van der Waals surface area contributed by atoms with Crippen LogP contribution in [0, 0.1) is 16.0 Å². The maximum Gasteiger partial charge on any atom is 0.300 e. The van der Waals surface area contributed by atoms with E-state index < -0.39 is 10.8 Å². The Hall–Kier alpha value is -2.18. The third kappa shape index (κ3) is 5.37. The zero-order chi connectivity index (χ0) is 15.8. The molecule has 7 nitrogen and oxygen atoms in total. The van der Waals surface area contributed by atoms with Crippen LogP contribution < -0.4 is 10.6 Å². The zero-order valence-corrected chi connectivity index (χ0v) is 12.7. The van der Waals surface area contributed by atoms with E-state index in [2.05, 4.69) is 29.5 Å². The molecule has 0 aliphatic carbocycles. The largest absolute Gasteiger partial charge is 0.370 e. The van der Waals surface area contributed by atoms with Gasteiger partial charge in [-0.25, -0.2) is 4.98 Å². The van der Waals surface area contributed by atoms with Crippen molar-refractivity contribution in [2.24, 2.45) is 5.92 Å². The lowest BCUT2D eigenvalue weighted by Gasteiger charge is -2.08. The Balaban J connectivity index is 2.79. The summed E-state index contributed by atoms with van der Waals surface area (Å²) in [4.78, 5) is 26.4. The number of hydrogen-bond acceptors (Lipinski definition) is 5. The van der Waals surface area contributed by atoms with E-state index in [1.165, 1.54) is 6.07 Å². The number of nitro groups is 1. The van der Waals surface area contributed by atoms with Crippen LogP contribution in [0.5, 0.6) is 0 Å². The first kappa shape index (κ1) is 16.9. The van der Waals surface area contributed by atoms with E-state index in [1.54, 1.807) is 0 Å². The third-order valence-electron chi connectivity index (χ3n) is 2.93. The van der Waals surface area contributed by atoms with Gasteiger partial charge in [0.05, 0.1) is 4.92 Å². The van der Waals surface area contributed by atoms with Crippen molar-refractivity contribution in [3.05, 3.63) is 27.9 Å². The van der Waals surface area contributed by atoms with Gasteiger partial charge in [-0.05, 0) is 25.7 Å². The molecule has 0 spiro atoms. The molecular formula is C14H22N4O3. The Morgan fingerprint density at radius 2 is 2.19 bits per heavy atom. The third-order valence-corrected chi connectivity index (χ3v) is 2.93. The number of amides is 1. The lowest BCUT2D eigenvalue weighted by Crippen LogP contribution is -2.25. The number of carbonyl (C=O) groups is 1. The maximum absolute atomic E-state index is 12.1. The smallest absolute Gasteiger partial charge is 0.300 e. The van der Waals surface area contributed by atoms with E-state index in [0.717, 1.165) is 19.0 Å². The maximum atomic E-state index is 12.1. The Labute approximate surface area is 124 Å². The van der Waals surface area contributed by atoms with Crippen molar-refractivity contribution in [1.82, 2.24) is 10.3 Å². The fourth-order valence-corrected chi connectivity index (χ4v) is 1.86. The number of pyridine rings is 1. The molecule has 0 aromatic carbocycles. The first-order valence-electron chi connectivity index (χ1n) is 7.12. The highest BCUT2D eigenvalue weighted by Crippen LogP contribution is 2.20. The number of hydrogen-bond donors (Lipinski definition) is 2. The second-order valence-corrected chi connectivity index (χ2v) is 5.17. The molecular weight excluding hydrogens is 272 g/mol. The minimum atomic E-state index is -0.592. The number of rotatable bonds is 8. The molecule has 1 amide bonds. The summed E-state index contributed by atoms with van der Waals surface area (Å²) in [5.74, 6) is 0.583. The summed E-state index contributed by atoms with van der Waals surface area (Å²) in [5.41, 5.74) is -0.242. The van der Waals surface area contributed by atoms with Gasteiger partial charge in [-0.15, -0.1) is 0 Å². The standard InChI is InChI=1S/C14H22N4O3/c1-4-15-13-8-11(12(9-17-13)18(20)21)14(19)16-7-5-6-10(2)3/h8-10H,4-7H2,1-3H3,(H,15,17)(H,16,19). The first-order chi connectivity index (χ1) is 9.95. The highest BCUT2D eigenvalue weighted by Gasteiger charge is 2.21. The van der Waals surface area contributed by atoms with E-state index in [9.17, 15) is 14.9 Å². The fraction of sp³-hybridized carbons (Fsp3) is 0.571. The van der Waals surface area contributed by atoms with Gasteiger partial charge in [0.1, 0.15) is 17.6 Å². The molecule has 7 heteroatoms. The van der Waals surface area contributed by atoms with Crippen molar-refractivity contribution in [2.45, 2.75) is 33.6 Å². The van der Waals surface area contributed by atoms with Crippen LogP contribution in [0.3, 0.4) is 0 Å². The summed E-state index contributed by atoms with van der Waals surface area (Å²) >= 11 is 0. The van der Waals surface area contributed by atoms with Gasteiger partial charge in [0.15, 0.2) is 0 Å². The number of anilines is 1. The predicted molar refractivity (Wildman–Crippen MR) is 81.5 cm³/mol. The van der Waals surface area contributed by atoms with Crippen LogP contribution >= 0.6 is 0 Å². The Kier molecular flexibility index (Phi) is 6.58. The Morgan fingerprint density at radius 3 is 2.76 bits per heavy atom. The molecule has 0 saturated heterocycles. The minimum absolute atomic E-state index is 0.0375. The van der Waals surface area contributed by atoms with Crippen LogP contribution in [0.1, 0.15) is 44.0 Å². The van der Waals surface area contributed by atoms with E-state index in [0.29, 0.717) is 24.8 Å². The molecule has 1 heterocycles. The van der Waals surface area contributed by atoms with Gasteiger partial charge in [0, 0.05) is 19.2 Å². The van der Waals surface area contributed by atoms with E-state index in [-0.39, 0.29) is 11.3 Å². The SMILES string of the molecule is CCNc1cc(C(=O)NCCCC(C)C)c([N+](=O)[O-])cn1. The van der Waals surface area contributed by atoms with Crippen LogP contribution in [-0.2, 0) is 0 Å². The minimum Gasteiger partial charge on any atom is -0.370 e. The highest BCUT2D eigenvalue weighted by molar-refractivity contribution is 5.98. The number of carbonyl (C=O) groups excluding carboxylic acids is 1. The average molecular weight is 294 g/mol. The molecule has 2 N–H and O–H groups in total. The Morgan fingerprint density at radius 1 is 1.48 bits per heavy atom. The van der Waals surface area contributed by atoms with Crippen LogP contribution in [0.15, 0.2) is 12.3 Å². The van der Waals surface area contributed by atoms with Crippen molar-refractivity contribution < 1.29 is 9.72 Å². The fourth-order valence-electron chi connectivity index (χ4n) is 1.86. The quantitative estimate of drug-likeness (QED) is 0.436. The van der Waals surface area contributed by atoms with Crippen molar-refractivity contribution >= 4 is 17.4 Å². The molecule has 0 aliphatic rings. The Bertz CT molecular complexity index is 503. The molecule has 0 atom stereocenters. The monoisotopic (exact) mass is 294 g/mol. The van der Waals surface area contributed by atoms with Gasteiger partial charge in [-0.1, -0.05) is 13.8 Å². The van der Waals surface area contributed by atoms with Crippen molar-refractivity contribution in [1.29, 1.82) is 0 Å². The molecule has 1 aromatic heterocycles. The summed E-state index contributed by atoms with van der Waals surface area (Å²) in [5, 5.41) is 16.6. The summed E-state index contributed by atoms with van der Waals surface area (Å²) in [7, 11) is 0. The summed E-state index contributed by atoms with van der Waals surface area (Å²) < 4.78 is 0. The molecule has 0 radical (unpaired) electrons. The number of nitrogens with one attached hydrogen (secondary N) is 2. The molecule has 0 fully saturated rings. The topological polar surface area (TPSA) is 97.2 Å². The molecule has 116 valence electrons. The molecule has 0 bridgehead atoms. The van der Waals surface area contributed by atoms with E-state index in [4.69, 9.17) is 0 Å². The number of aromatic nitrogens is 1. The van der Waals surface area contributed by atoms with Crippen molar-refractivity contribution in [2.75, 3.05) is 18.4 Å². The van der Waals surface area contributed by atoms with Gasteiger partial charge in [0.2, 0.25) is 0 Å². The van der Waals surface area contributed by atoms with Crippen LogP contribution in [0.25, 0.3) is 0 Å². The summed E-state index contributed by atoms with van der Waals surface area (Å²) in [6.07, 6.45) is 2.96. The highest BCUT2D eigenvalue weighted by atomic mass is 16.6. The second-order valence-electron chi connectivity index (χ2n) is 5.17. The molecule has 1 aromatic rings. The van der Waals surface area contributed by atoms with Crippen LogP contribution in [0.2, 0.25) is 0 Å². The van der Waals surface area contributed by atoms with Crippen LogP contribution in [0.4, 0.5) is 11.5 Å². The zero-order valence-electron chi connectivity index (χ0n) is 12.7. The van der Waals surface area contributed by atoms with Gasteiger partial charge in [-0.2, -0.15) is 0 Å². The van der Waals surface area contributed by atoms with Crippen molar-refractivity contribution in [3.63, 3.8) is 0 Å². The second kappa shape index (κ2) is 8.18. The average Bonchev–Trinajstić information content (AvgIpc) is 2.43. The first-order valence-corrected chi connectivity index (χ1v) is 7.12. The van der Waals surface area contributed by atoms with Gasteiger partial charge < -0.3 is 10.6 Å². The molecule has 0 unspecified atom stereocenters. The van der Waals surface area contributed by atoms with E-state index >= 15 is 0 Å². The predicted octanol–water partition coefficient (Wildman–Crippen LogP) is 2.59. The molecule has 0 aliphatic heterocycles. The van der Waals surface area contributed by atoms with Crippen LogP contribution in [-0.4, -0.2) is 28.9 Å². The lowest BCUT2D eigenvalue weighted by molar-refractivity contribution is -0.385. The normalized spacial score (nSPS) is 10.5. The molecule has 21 heavy (non-hydrogen) atoms.